The van der Waals surface area contributed by atoms with Crippen LogP contribution in [0, 0.1) is 0 Å². The molecule has 3 nitrogen and oxygen atoms in total. The molecule has 1 aromatic carbocycles. The zero-order chi connectivity index (χ0) is 13.7. The maximum absolute atomic E-state index is 11.9. The summed E-state index contributed by atoms with van der Waals surface area (Å²) >= 11 is 11.8. The third-order valence-corrected chi connectivity index (χ3v) is 3.17. The Kier molecular flexibility index (Phi) is 4.77. The number of halogens is 2. The average molecular weight is 295 g/mol. The number of aromatic nitrogens is 1. The van der Waals surface area contributed by atoms with E-state index in [1.165, 1.54) is 6.20 Å². The van der Waals surface area contributed by atoms with Gasteiger partial charge in [-0.05, 0) is 30.2 Å². The van der Waals surface area contributed by atoms with E-state index in [0.717, 1.165) is 5.56 Å². The number of carbonyl (C=O) groups excluding carboxylic acids is 1. The van der Waals surface area contributed by atoms with E-state index < -0.39 is 0 Å². The van der Waals surface area contributed by atoms with Gasteiger partial charge in [-0.15, -0.1) is 0 Å². The second-order valence-corrected chi connectivity index (χ2v) is 4.83. The van der Waals surface area contributed by atoms with Crippen molar-refractivity contribution in [3.05, 3.63) is 63.9 Å². The highest BCUT2D eigenvalue weighted by molar-refractivity contribution is 6.33. The first-order valence-corrected chi connectivity index (χ1v) is 6.54. The van der Waals surface area contributed by atoms with E-state index in [2.05, 4.69) is 10.3 Å². The van der Waals surface area contributed by atoms with Crippen LogP contribution in [0.15, 0.2) is 42.7 Å². The minimum absolute atomic E-state index is 0.222. The van der Waals surface area contributed by atoms with Gasteiger partial charge in [0.2, 0.25) is 0 Å². The SMILES string of the molecule is O=C(NCCc1cccc(Cl)c1)c1cnccc1Cl. The Bertz CT molecular complexity index is 587. The molecule has 1 N–H and O–H groups in total. The zero-order valence-corrected chi connectivity index (χ0v) is 11.6. The first-order chi connectivity index (χ1) is 9.16. The van der Waals surface area contributed by atoms with Gasteiger partial charge in [-0.1, -0.05) is 35.3 Å². The Balaban J connectivity index is 1.90. The van der Waals surface area contributed by atoms with Crippen LogP contribution >= 0.6 is 23.2 Å². The normalized spacial score (nSPS) is 10.2. The van der Waals surface area contributed by atoms with Gasteiger partial charge in [0.05, 0.1) is 10.6 Å². The van der Waals surface area contributed by atoms with Crippen LogP contribution in [0.3, 0.4) is 0 Å². The molecule has 98 valence electrons. The predicted molar refractivity (Wildman–Crippen MR) is 76.7 cm³/mol. The summed E-state index contributed by atoms with van der Waals surface area (Å²) in [6.45, 7) is 0.518. The molecule has 0 fully saturated rings. The third kappa shape index (κ3) is 3.94. The maximum Gasteiger partial charge on any atom is 0.254 e. The van der Waals surface area contributed by atoms with E-state index >= 15 is 0 Å². The second-order valence-electron chi connectivity index (χ2n) is 3.99. The summed E-state index contributed by atoms with van der Waals surface area (Å²) in [4.78, 5) is 15.7. The van der Waals surface area contributed by atoms with Crippen LogP contribution in [0.25, 0.3) is 0 Å². The third-order valence-electron chi connectivity index (χ3n) is 2.60. The van der Waals surface area contributed by atoms with Crippen LogP contribution in [0.4, 0.5) is 0 Å². The van der Waals surface area contributed by atoms with Gasteiger partial charge in [-0.2, -0.15) is 0 Å². The van der Waals surface area contributed by atoms with Crippen molar-refractivity contribution >= 4 is 29.1 Å². The van der Waals surface area contributed by atoms with Crippen LogP contribution in [0.5, 0.6) is 0 Å². The molecular formula is C14H12Cl2N2O. The molecule has 0 saturated heterocycles. The summed E-state index contributed by atoms with van der Waals surface area (Å²) in [5, 5.41) is 3.89. The molecule has 0 aliphatic rings. The summed E-state index contributed by atoms with van der Waals surface area (Å²) in [6.07, 6.45) is 3.71. The van der Waals surface area contributed by atoms with Gasteiger partial charge in [0.1, 0.15) is 0 Å². The van der Waals surface area contributed by atoms with Crippen molar-refractivity contribution in [1.29, 1.82) is 0 Å². The van der Waals surface area contributed by atoms with Gasteiger partial charge in [0.25, 0.3) is 5.91 Å². The molecule has 1 heterocycles. The molecule has 0 spiro atoms. The molecular weight excluding hydrogens is 283 g/mol. The van der Waals surface area contributed by atoms with Crippen LogP contribution in [0.1, 0.15) is 15.9 Å². The highest BCUT2D eigenvalue weighted by atomic mass is 35.5. The van der Waals surface area contributed by atoms with Crippen molar-refractivity contribution in [2.24, 2.45) is 0 Å². The molecule has 0 unspecified atom stereocenters. The minimum atomic E-state index is -0.222. The first-order valence-electron chi connectivity index (χ1n) is 5.79. The molecule has 0 atom stereocenters. The van der Waals surface area contributed by atoms with Crippen molar-refractivity contribution < 1.29 is 4.79 Å². The van der Waals surface area contributed by atoms with Gasteiger partial charge >= 0.3 is 0 Å². The largest absolute Gasteiger partial charge is 0.352 e. The quantitative estimate of drug-likeness (QED) is 0.939. The van der Waals surface area contributed by atoms with Crippen LogP contribution in [0.2, 0.25) is 10.0 Å². The summed E-state index contributed by atoms with van der Waals surface area (Å²) in [7, 11) is 0. The topological polar surface area (TPSA) is 42.0 Å². The number of carbonyl (C=O) groups is 1. The Labute approximate surface area is 121 Å². The van der Waals surface area contributed by atoms with E-state index in [-0.39, 0.29) is 5.91 Å². The molecule has 0 aliphatic carbocycles. The summed E-state index contributed by atoms with van der Waals surface area (Å²) in [6, 6.07) is 9.14. The van der Waals surface area contributed by atoms with E-state index in [9.17, 15) is 4.79 Å². The first kappa shape index (κ1) is 13.8. The molecule has 2 aromatic rings. The van der Waals surface area contributed by atoms with Crippen LogP contribution < -0.4 is 5.32 Å². The fourth-order valence-corrected chi connectivity index (χ4v) is 2.06. The number of rotatable bonds is 4. The molecule has 0 radical (unpaired) electrons. The minimum Gasteiger partial charge on any atom is -0.352 e. The number of nitrogens with one attached hydrogen (secondary N) is 1. The summed E-state index contributed by atoms with van der Waals surface area (Å²) in [5.74, 6) is -0.222. The highest BCUT2D eigenvalue weighted by Crippen LogP contribution is 2.13. The lowest BCUT2D eigenvalue weighted by Crippen LogP contribution is -2.26. The number of pyridine rings is 1. The number of benzene rings is 1. The molecule has 5 heteroatoms. The summed E-state index contributed by atoms with van der Waals surface area (Å²) < 4.78 is 0. The van der Waals surface area contributed by atoms with Crippen molar-refractivity contribution in [2.45, 2.75) is 6.42 Å². The number of hydrogen-bond acceptors (Lipinski definition) is 2. The van der Waals surface area contributed by atoms with Gasteiger partial charge in [0.15, 0.2) is 0 Å². The molecule has 2 rings (SSSR count). The standard InChI is InChI=1S/C14H12Cl2N2O/c15-11-3-1-2-10(8-11)4-7-18-14(19)12-9-17-6-5-13(12)16/h1-3,5-6,8-9H,4,7H2,(H,18,19). The van der Waals surface area contributed by atoms with E-state index in [4.69, 9.17) is 23.2 Å². The summed E-state index contributed by atoms with van der Waals surface area (Å²) in [5.41, 5.74) is 1.46. The van der Waals surface area contributed by atoms with Gasteiger partial charge < -0.3 is 5.32 Å². The Morgan fingerprint density at radius 1 is 1.26 bits per heavy atom. The van der Waals surface area contributed by atoms with Crippen molar-refractivity contribution in [3.8, 4) is 0 Å². The van der Waals surface area contributed by atoms with Gasteiger partial charge in [-0.25, -0.2) is 0 Å². The zero-order valence-electron chi connectivity index (χ0n) is 10.1. The van der Waals surface area contributed by atoms with E-state index in [1.54, 1.807) is 12.3 Å². The lowest BCUT2D eigenvalue weighted by Gasteiger charge is -2.06. The average Bonchev–Trinajstić information content (AvgIpc) is 2.39. The molecule has 0 saturated carbocycles. The Morgan fingerprint density at radius 3 is 2.84 bits per heavy atom. The predicted octanol–water partition coefficient (Wildman–Crippen LogP) is 3.36. The number of amides is 1. The molecule has 1 amide bonds. The lowest BCUT2D eigenvalue weighted by molar-refractivity contribution is 0.0954. The van der Waals surface area contributed by atoms with Crippen molar-refractivity contribution in [3.63, 3.8) is 0 Å². The van der Waals surface area contributed by atoms with Gasteiger partial charge in [-0.3, -0.25) is 9.78 Å². The maximum atomic E-state index is 11.9. The smallest absolute Gasteiger partial charge is 0.254 e. The molecule has 0 bridgehead atoms. The highest BCUT2D eigenvalue weighted by Gasteiger charge is 2.09. The fourth-order valence-electron chi connectivity index (χ4n) is 1.65. The molecule has 0 aliphatic heterocycles. The lowest BCUT2D eigenvalue weighted by atomic mass is 10.1. The fraction of sp³-hybridized carbons (Fsp3) is 0.143. The number of nitrogens with zero attached hydrogens (tertiary/aromatic N) is 1. The van der Waals surface area contributed by atoms with E-state index in [1.807, 2.05) is 24.3 Å². The van der Waals surface area contributed by atoms with Crippen LogP contribution in [-0.4, -0.2) is 17.4 Å². The Morgan fingerprint density at radius 2 is 2.11 bits per heavy atom. The number of hydrogen-bond donors (Lipinski definition) is 1. The van der Waals surface area contributed by atoms with Crippen molar-refractivity contribution in [1.82, 2.24) is 10.3 Å². The van der Waals surface area contributed by atoms with Crippen LogP contribution in [-0.2, 0) is 6.42 Å². The molecule has 1 aromatic heterocycles. The Hall–Kier alpha value is -1.58. The van der Waals surface area contributed by atoms with Gasteiger partial charge in [0, 0.05) is 24.0 Å². The van der Waals surface area contributed by atoms with E-state index in [0.29, 0.717) is 28.6 Å². The molecule has 19 heavy (non-hydrogen) atoms. The van der Waals surface area contributed by atoms with Crippen molar-refractivity contribution in [2.75, 3.05) is 6.54 Å². The second kappa shape index (κ2) is 6.55. The monoisotopic (exact) mass is 294 g/mol.